The van der Waals surface area contributed by atoms with Crippen LogP contribution in [0.2, 0.25) is 0 Å². The molecule has 234 valence electrons. The van der Waals surface area contributed by atoms with E-state index in [-0.39, 0.29) is 5.41 Å². The predicted octanol–water partition coefficient (Wildman–Crippen LogP) is 12.7. The Kier molecular flexibility index (Phi) is 6.63. The maximum atomic E-state index is 5.12. The van der Waals surface area contributed by atoms with E-state index >= 15 is 0 Å². The number of rotatable bonds is 4. The highest BCUT2D eigenvalue weighted by Gasteiger charge is 2.43. The van der Waals surface area contributed by atoms with E-state index in [1.54, 1.807) is 5.56 Å². The molecule has 2 heterocycles. The average Bonchev–Trinajstić information content (AvgIpc) is 3.68. The molecular formula is C46H34N2S. The van der Waals surface area contributed by atoms with Gasteiger partial charge in [0.1, 0.15) is 0 Å². The quantitative estimate of drug-likeness (QED) is 0.190. The Balaban J connectivity index is 1.10. The van der Waals surface area contributed by atoms with Crippen molar-refractivity contribution in [2.24, 2.45) is 0 Å². The van der Waals surface area contributed by atoms with Crippen molar-refractivity contribution in [2.75, 3.05) is 0 Å². The second-order valence-electron chi connectivity index (χ2n) is 13.6. The molecule has 0 saturated heterocycles. The number of benzene rings is 6. The van der Waals surface area contributed by atoms with Crippen molar-refractivity contribution >= 4 is 31.5 Å². The fraction of sp³-hybridized carbons (Fsp3) is 0.130. The van der Waals surface area contributed by atoms with E-state index in [1.807, 2.05) is 23.5 Å². The first-order chi connectivity index (χ1) is 24.2. The third-order valence-electron chi connectivity index (χ3n) is 10.9. The molecule has 1 fully saturated rings. The summed E-state index contributed by atoms with van der Waals surface area (Å²) >= 11 is 1.89. The lowest BCUT2D eigenvalue weighted by molar-refractivity contribution is 0.353. The molecule has 2 aromatic heterocycles. The van der Waals surface area contributed by atoms with Crippen LogP contribution in [0.4, 0.5) is 0 Å². The van der Waals surface area contributed by atoms with E-state index < -0.39 is 0 Å². The minimum absolute atomic E-state index is 0.184. The summed E-state index contributed by atoms with van der Waals surface area (Å²) in [4.78, 5) is 10.2. The second kappa shape index (κ2) is 11.4. The molecule has 2 nitrogen and oxygen atoms in total. The van der Waals surface area contributed by atoms with Gasteiger partial charge in [-0.15, -0.1) is 11.3 Å². The zero-order chi connectivity index (χ0) is 32.4. The Labute approximate surface area is 290 Å². The van der Waals surface area contributed by atoms with Crippen molar-refractivity contribution in [3.63, 3.8) is 0 Å². The minimum Gasteiger partial charge on any atom is -0.228 e. The molecule has 3 heteroatoms. The monoisotopic (exact) mass is 646 g/mol. The van der Waals surface area contributed by atoms with Crippen molar-refractivity contribution in [2.45, 2.75) is 37.5 Å². The van der Waals surface area contributed by atoms with Crippen LogP contribution in [0.5, 0.6) is 0 Å². The van der Waals surface area contributed by atoms with E-state index in [4.69, 9.17) is 9.97 Å². The molecule has 0 N–H and O–H groups in total. The first-order valence-corrected chi connectivity index (χ1v) is 18.3. The molecular weight excluding hydrogens is 613 g/mol. The molecule has 6 aromatic carbocycles. The van der Waals surface area contributed by atoms with E-state index in [9.17, 15) is 0 Å². The lowest BCUT2D eigenvalue weighted by atomic mass is 9.68. The van der Waals surface area contributed by atoms with Gasteiger partial charge in [0.15, 0.2) is 5.82 Å². The molecule has 0 aliphatic heterocycles. The van der Waals surface area contributed by atoms with E-state index in [1.165, 1.54) is 80.1 Å². The van der Waals surface area contributed by atoms with Crippen LogP contribution in [0.15, 0.2) is 146 Å². The number of fused-ring (bicyclic) bond motifs is 8. The molecule has 0 amide bonds. The molecule has 0 bridgehead atoms. The van der Waals surface area contributed by atoms with Gasteiger partial charge in [-0.1, -0.05) is 135 Å². The average molecular weight is 647 g/mol. The van der Waals surface area contributed by atoms with Crippen molar-refractivity contribution in [3.05, 3.63) is 157 Å². The van der Waals surface area contributed by atoms with Gasteiger partial charge in [-0.2, -0.15) is 0 Å². The number of hydrogen-bond acceptors (Lipinski definition) is 3. The topological polar surface area (TPSA) is 25.8 Å². The van der Waals surface area contributed by atoms with Crippen molar-refractivity contribution in [3.8, 4) is 56.2 Å². The summed E-state index contributed by atoms with van der Waals surface area (Å²) in [6.07, 6.45) is 6.50. The summed E-state index contributed by atoms with van der Waals surface area (Å²) in [7, 11) is 0. The van der Waals surface area contributed by atoms with Crippen molar-refractivity contribution in [1.29, 1.82) is 0 Å². The molecule has 0 radical (unpaired) electrons. The highest BCUT2D eigenvalue weighted by atomic mass is 32.1. The zero-order valence-electron chi connectivity index (χ0n) is 27.2. The Morgan fingerprint density at radius 3 is 1.86 bits per heavy atom. The maximum Gasteiger partial charge on any atom is 0.160 e. The molecule has 10 rings (SSSR count). The van der Waals surface area contributed by atoms with Gasteiger partial charge in [0.2, 0.25) is 0 Å². The molecule has 0 atom stereocenters. The van der Waals surface area contributed by atoms with Crippen molar-refractivity contribution in [1.82, 2.24) is 9.97 Å². The first kappa shape index (κ1) is 28.6. The van der Waals surface area contributed by atoms with Crippen LogP contribution in [0.3, 0.4) is 0 Å². The fourth-order valence-electron chi connectivity index (χ4n) is 8.58. The third-order valence-corrected chi connectivity index (χ3v) is 12.1. The maximum absolute atomic E-state index is 5.12. The zero-order valence-corrected chi connectivity index (χ0v) is 28.0. The van der Waals surface area contributed by atoms with Gasteiger partial charge >= 0.3 is 0 Å². The number of thiophene rings is 1. The summed E-state index contributed by atoms with van der Waals surface area (Å²) in [5.74, 6) is 0.742. The Morgan fingerprint density at radius 2 is 1.10 bits per heavy atom. The number of nitrogens with zero attached hydrogens (tertiary/aromatic N) is 2. The standard InChI is InChI=1S/C46H34N2S/c1-4-13-30(14-5-1)41-29-42(31-15-6-2-7-16-31)48-45(47-41)33-22-24-43-38(28-33)36-19-12-18-34(44(36)49-43)32-21-23-40-37(27-32)35-17-8-9-20-39(35)46(40)25-10-3-11-26-46/h1-2,4-9,12-24,27-29H,3,10-11,25-26H2. The van der Waals surface area contributed by atoms with Crippen molar-refractivity contribution < 1.29 is 0 Å². The minimum atomic E-state index is 0.184. The number of hydrogen-bond donors (Lipinski definition) is 0. The number of aromatic nitrogens is 2. The van der Waals surface area contributed by atoms with Gasteiger partial charge in [-0.05, 0) is 76.6 Å². The van der Waals surface area contributed by atoms with E-state index in [0.717, 1.165) is 33.9 Å². The van der Waals surface area contributed by atoms with E-state index in [0.29, 0.717) is 0 Å². The molecule has 2 aliphatic rings. The summed E-state index contributed by atoms with van der Waals surface area (Å²) in [5, 5.41) is 2.54. The molecule has 1 spiro atoms. The molecule has 1 saturated carbocycles. The largest absolute Gasteiger partial charge is 0.228 e. The molecule has 2 aliphatic carbocycles. The van der Waals surface area contributed by atoms with Crippen LogP contribution in [0, 0.1) is 0 Å². The van der Waals surface area contributed by atoms with Gasteiger partial charge < -0.3 is 0 Å². The Hall–Kier alpha value is -5.38. The highest BCUT2D eigenvalue weighted by molar-refractivity contribution is 7.26. The summed E-state index contributed by atoms with van der Waals surface area (Å²) in [5.41, 5.74) is 13.8. The summed E-state index contributed by atoms with van der Waals surface area (Å²) in [6.45, 7) is 0. The van der Waals surface area contributed by atoms with E-state index in [2.05, 4.69) is 133 Å². The lowest BCUT2D eigenvalue weighted by Gasteiger charge is -2.36. The normalized spacial score (nSPS) is 14.7. The summed E-state index contributed by atoms with van der Waals surface area (Å²) in [6, 6.07) is 53.0. The van der Waals surface area contributed by atoms with Gasteiger partial charge in [0.25, 0.3) is 0 Å². The second-order valence-corrected chi connectivity index (χ2v) is 14.7. The molecule has 49 heavy (non-hydrogen) atoms. The van der Waals surface area contributed by atoms with Crippen LogP contribution < -0.4 is 0 Å². The van der Waals surface area contributed by atoms with Gasteiger partial charge in [-0.3, -0.25) is 0 Å². The van der Waals surface area contributed by atoms with Crippen LogP contribution in [0.1, 0.15) is 43.2 Å². The van der Waals surface area contributed by atoms with Gasteiger partial charge in [0.05, 0.1) is 11.4 Å². The molecule has 8 aromatic rings. The first-order valence-electron chi connectivity index (χ1n) is 17.5. The SMILES string of the molecule is c1ccc(-c2cc(-c3ccccc3)nc(-c3ccc4sc5c(-c6ccc7c(c6)-c6ccccc6C76CCCCC6)cccc5c4c3)n2)cc1. The Bertz CT molecular complexity index is 2470. The Morgan fingerprint density at radius 1 is 0.449 bits per heavy atom. The fourth-order valence-corrected chi connectivity index (χ4v) is 9.80. The van der Waals surface area contributed by atoms with Crippen LogP contribution in [-0.4, -0.2) is 9.97 Å². The lowest BCUT2D eigenvalue weighted by Crippen LogP contribution is -2.27. The van der Waals surface area contributed by atoms with Crippen LogP contribution in [0.25, 0.3) is 76.3 Å². The van der Waals surface area contributed by atoms with Gasteiger partial charge in [-0.25, -0.2) is 9.97 Å². The van der Waals surface area contributed by atoms with Gasteiger partial charge in [0, 0.05) is 42.3 Å². The highest BCUT2D eigenvalue weighted by Crippen LogP contribution is 2.56. The van der Waals surface area contributed by atoms with Crippen LogP contribution in [-0.2, 0) is 5.41 Å². The summed E-state index contributed by atoms with van der Waals surface area (Å²) < 4.78 is 2.61. The third kappa shape index (κ3) is 4.60. The predicted molar refractivity (Wildman–Crippen MR) is 206 cm³/mol. The molecule has 0 unspecified atom stereocenters. The smallest absolute Gasteiger partial charge is 0.160 e. The van der Waals surface area contributed by atoms with Crippen LogP contribution >= 0.6 is 11.3 Å².